The number of anilines is 1. The largest absolute Gasteiger partial charge is 0.382 e. The molecule has 1 saturated heterocycles. The molecule has 1 aromatic heterocycles. The summed E-state index contributed by atoms with van der Waals surface area (Å²) in [7, 11) is 0. The van der Waals surface area contributed by atoms with Crippen LogP contribution in [0, 0.1) is 0 Å². The highest BCUT2D eigenvalue weighted by Gasteiger charge is 2.20. The third kappa shape index (κ3) is 3.93. The minimum absolute atomic E-state index is 0.486. The molecule has 0 atom stereocenters. The molecule has 0 spiro atoms. The number of nitrogens with one attached hydrogen (secondary N) is 1. The van der Waals surface area contributed by atoms with E-state index in [1.54, 1.807) is 0 Å². The second kappa shape index (κ2) is 8.02. The molecule has 3 nitrogen and oxygen atoms in total. The summed E-state index contributed by atoms with van der Waals surface area (Å²) in [4.78, 5) is 7.02. The summed E-state index contributed by atoms with van der Waals surface area (Å²) >= 11 is 6.12. The van der Waals surface area contributed by atoms with Gasteiger partial charge in [-0.2, -0.15) is 0 Å². The van der Waals surface area contributed by atoms with Gasteiger partial charge in [-0.1, -0.05) is 54.1 Å². The molecule has 4 heteroatoms. The number of pyridine rings is 1. The lowest BCUT2D eigenvalue weighted by atomic mass is 10.0. The van der Waals surface area contributed by atoms with Crippen LogP contribution in [0.4, 0.5) is 5.69 Å². The normalized spacial score (nSPS) is 15.8. The summed E-state index contributed by atoms with van der Waals surface area (Å²) in [6.07, 6.45) is 4.14. The Morgan fingerprint density at radius 2 is 1.76 bits per heavy atom. The number of nitrogens with zero attached hydrogens (tertiary/aromatic N) is 2. The predicted molar refractivity (Wildman–Crippen MR) is 123 cm³/mol. The minimum atomic E-state index is 0.486. The monoisotopic (exact) mass is 401 g/mol. The number of rotatable bonds is 4. The van der Waals surface area contributed by atoms with Crippen molar-refractivity contribution in [3.63, 3.8) is 0 Å². The van der Waals surface area contributed by atoms with E-state index in [2.05, 4.69) is 69.8 Å². The molecule has 3 aromatic carbocycles. The number of piperidine rings is 1. The van der Waals surface area contributed by atoms with Gasteiger partial charge in [-0.05, 0) is 53.4 Å². The quantitative estimate of drug-likeness (QED) is 0.446. The third-order valence-corrected chi connectivity index (χ3v) is 6.16. The minimum Gasteiger partial charge on any atom is -0.382 e. The molecule has 1 aliphatic rings. The lowest BCUT2D eigenvalue weighted by Gasteiger charge is -2.33. The van der Waals surface area contributed by atoms with E-state index < -0.39 is 0 Å². The Hall–Kier alpha value is -2.62. The van der Waals surface area contributed by atoms with Crippen LogP contribution in [0.5, 0.6) is 0 Å². The summed E-state index contributed by atoms with van der Waals surface area (Å²) in [6, 6.07) is 23.8. The van der Waals surface area contributed by atoms with Gasteiger partial charge >= 0.3 is 0 Å². The van der Waals surface area contributed by atoms with Crippen LogP contribution in [-0.2, 0) is 6.54 Å². The maximum Gasteiger partial charge on any atom is 0.0737 e. The molecular weight excluding hydrogens is 378 g/mol. The Labute approximate surface area is 176 Å². The first-order chi connectivity index (χ1) is 14.3. The van der Waals surface area contributed by atoms with Gasteiger partial charge in [0.25, 0.3) is 0 Å². The lowest BCUT2D eigenvalue weighted by molar-refractivity contribution is 0.212. The van der Waals surface area contributed by atoms with Gasteiger partial charge in [-0.15, -0.1) is 0 Å². The fourth-order valence-electron chi connectivity index (χ4n) is 4.37. The number of hydrogen-bond acceptors (Lipinski definition) is 3. The van der Waals surface area contributed by atoms with Crippen LogP contribution in [0.25, 0.3) is 21.7 Å². The average Bonchev–Trinajstić information content (AvgIpc) is 2.75. The van der Waals surface area contributed by atoms with Crippen LogP contribution < -0.4 is 5.32 Å². The molecule has 0 bridgehead atoms. The second-order valence-electron chi connectivity index (χ2n) is 7.85. The van der Waals surface area contributed by atoms with Crippen molar-refractivity contribution in [1.82, 2.24) is 9.88 Å². The van der Waals surface area contributed by atoms with Crippen molar-refractivity contribution in [3.8, 4) is 0 Å². The SMILES string of the molecule is Clc1ccc2c(NC3CCN(Cc4cccc5ccccc45)CC3)ccnc2c1. The average molecular weight is 402 g/mol. The Morgan fingerprint density at radius 3 is 2.66 bits per heavy atom. The Kier molecular flexibility index (Phi) is 5.09. The third-order valence-electron chi connectivity index (χ3n) is 5.93. The zero-order valence-corrected chi connectivity index (χ0v) is 17.1. The van der Waals surface area contributed by atoms with Gasteiger partial charge in [0.05, 0.1) is 5.52 Å². The number of aromatic nitrogens is 1. The molecule has 1 N–H and O–H groups in total. The standard InChI is InChI=1S/C25H24ClN3/c26-20-8-9-23-24(10-13-27-25(23)16-20)28-21-11-14-29(15-12-21)17-19-6-3-5-18-4-1-2-7-22(18)19/h1-10,13,16,21H,11-12,14-15,17H2,(H,27,28). The first kappa shape index (κ1) is 18.4. The molecule has 1 aliphatic heterocycles. The van der Waals surface area contributed by atoms with E-state index in [4.69, 9.17) is 11.6 Å². The zero-order chi connectivity index (χ0) is 19.6. The van der Waals surface area contributed by atoms with Gasteiger partial charge in [0.1, 0.15) is 0 Å². The van der Waals surface area contributed by atoms with Crippen LogP contribution in [0.3, 0.4) is 0 Å². The van der Waals surface area contributed by atoms with Crippen LogP contribution in [0.1, 0.15) is 18.4 Å². The van der Waals surface area contributed by atoms with Crippen molar-refractivity contribution in [2.75, 3.05) is 18.4 Å². The molecule has 0 amide bonds. The number of hydrogen-bond donors (Lipinski definition) is 1. The lowest BCUT2D eigenvalue weighted by Crippen LogP contribution is -2.38. The summed E-state index contributed by atoms with van der Waals surface area (Å²) < 4.78 is 0. The number of fused-ring (bicyclic) bond motifs is 2. The van der Waals surface area contributed by atoms with E-state index >= 15 is 0 Å². The number of halogens is 1. The highest BCUT2D eigenvalue weighted by atomic mass is 35.5. The molecular formula is C25H24ClN3. The van der Waals surface area contributed by atoms with E-state index in [-0.39, 0.29) is 0 Å². The fourth-order valence-corrected chi connectivity index (χ4v) is 4.54. The molecule has 29 heavy (non-hydrogen) atoms. The highest BCUT2D eigenvalue weighted by molar-refractivity contribution is 6.31. The maximum absolute atomic E-state index is 6.12. The fraction of sp³-hybridized carbons (Fsp3) is 0.240. The summed E-state index contributed by atoms with van der Waals surface area (Å²) in [5.41, 5.74) is 3.52. The van der Waals surface area contributed by atoms with Gasteiger partial charge in [-0.25, -0.2) is 0 Å². The molecule has 0 saturated carbocycles. The molecule has 0 radical (unpaired) electrons. The van der Waals surface area contributed by atoms with Gasteiger partial charge in [0.15, 0.2) is 0 Å². The Balaban J connectivity index is 1.25. The molecule has 0 aliphatic carbocycles. The van der Waals surface area contributed by atoms with E-state index in [1.807, 2.05) is 18.3 Å². The Morgan fingerprint density at radius 1 is 0.931 bits per heavy atom. The van der Waals surface area contributed by atoms with E-state index in [9.17, 15) is 0 Å². The first-order valence-corrected chi connectivity index (χ1v) is 10.6. The first-order valence-electron chi connectivity index (χ1n) is 10.3. The van der Waals surface area contributed by atoms with Crippen molar-refractivity contribution < 1.29 is 0 Å². The molecule has 2 heterocycles. The number of benzene rings is 3. The Bertz CT molecular complexity index is 1140. The zero-order valence-electron chi connectivity index (χ0n) is 16.3. The van der Waals surface area contributed by atoms with Crippen LogP contribution in [0.15, 0.2) is 72.9 Å². The summed E-state index contributed by atoms with van der Waals surface area (Å²) in [6.45, 7) is 3.23. The molecule has 5 rings (SSSR count). The van der Waals surface area contributed by atoms with Crippen molar-refractivity contribution >= 4 is 39.0 Å². The van der Waals surface area contributed by atoms with Crippen LogP contribution >= 0.6 is 11.6 Å². The smallest absolute Gasteiger partial charge is 0.0737 e. The van der Waals surface area contributed by atoms with Crippen molar-refractivity contribution in [3.05, 3.63) is 83.5 Å². The van der Waals surface area contributed by atoms with Gasteiger partial charge in [0.2, 0.25) is 0 Å². The van der Waals surface area contributed by atoms with Gasteiger partial charge in [0, 0.05) is 48.0 Å². The van der Waals surface area contributed by atoms with Crippen LogP contribution in [-0.4, -0.2) is 29.0 Å². The molecule has 1 fully saturated rings. The van der Waals surface area contributed by atoms with E-state index in [0.29, 0.717) is 6.04 Å². The van der Waals surface area contributed by atoms with Crippen molar-refractivity contribution in [2.45, 2.75) is 25.4 Å². The predicted octanol–water partition coefficient (Wildman–Crippen LogP) is 6.12. The topological polar surface area (TPSA) is 28.2 Å². The summed E-state index contributed by atoms with van der Waals surface area (Å²) in [5, 5.41) is 8.31. The van der Waals surface area contributed by atoms with Crippen molar-refractivity contribution in [1.29, 1.82) is 0 Å². The van der Waals surface area contributed by atoms with Gasteiger partial charge in [-0.3, -0.25) is 9.88 Å². The van der Waals surface area contributed by atoms with Crippen LogP contribution in [0.2, 0.25) is 5.02 Å². The van der Waals surface area contributed by atoms with Crippen molar-refractivity contribution in [2.24, 2.45) is 0 Å². The van der Waals surface area contributed by atoms with E-state index in [0.717, 1.165) is 54.1 Å². The van der Waals surface area contributed by atoms with Gasteiger partial charge < -0.3 is 5.32 Å². The number of likely N-dealkylation sites (tertiary alicyclic amines) is 1. The molecule has 0 unspecified atom stereocenters. The highest BCUT2D eigenvalue weighted by Crippen LogP contribution is 2.27. The second-order valence-corrected chi connectivity index (χ2v) is 8.29. The van der Waals surface area contributed by atoms with E-state index in [1.165, 1.54) is 16.3 Å². The maximum atomic E-state index is 6.12. The molecule has 4 aromatic rings. The molecule has 146 valence electrons. The summed E-state index contributed by atoms with van der Waals surface area (Å²) in [5.74, 6) is 0.